The smallest absolute Gasteiger partial charge is 0.355 e. The van der Waals surface area contributed by atoms with E-state index in [4.69, 9.17) is 0 Å². The molecule has 1 spiro atoms. The summed E-state index contributed by atoms with van der Waals surface area (Å²) in [5.74, 6) is 0.451. The molecular formula is C22H22F5N7O. The zero-order chi connectivity index (χ0) is 24.8. The second-order valence-electron chi connectivity index (χ2n) is 9.10. The van der Waals surface area contributed by atoms with Crippen LogP contribution >= 0.6 is 0 Å². The monoisotopic (exact) mass is 495 g/mol. The van der Waals surface area contributed by atoms with E-state index in [0.29, 0.717) is 55.9 Å². The number of nitrogens with zero attached hydrogens (tertiary/aromatic N) is 7. The van der Waals surface area contributed by atoms with Crippen molar-refractivity contribution in [3.8, 4) is 0 Å². The summed E-state index contributed by atoms with van der Waals surface area (Å²) in [6, 6.07) is 1.89. The van der Waals surface area contributed by atoms with Gasteiger partial charge in [0.1, 0.15) is 17.9 Å². The van der Waals surface area contributed by atoms with Crippen molar-refractivity contribution >= 4 is 22.9 Å². The summed E-state index contributed by atoms with van der Waals surface area (Å²) in [5.41, 5.74) is -0.136. The van der Waals surface area contributed by atoms with E-state index in [1.807, 2.05) is 4.90 Å². The number of halogens is 5. The van der Waals surface area contributed by atoms with Gasteiger partial charge in [0.2, 0.25) is 5.91 Å². The van der Waals surface area contributed by atoms with Gasteiger partial charge in [0, 0.05) is 37.7 Å². The van der Waals surface area contributed by atoms with Crippen molar-refractivity contribution in [2.75, 3.05) is 24.5 Å². The normalized spacial score (nSPS) is 18.4. The molecule has 35 heavy (non-hydrogen) atoms. The Balaban J connectivity index is 1.25. The van der Waals surface area contributed by atoms with E-state index in [1.54, 1.807) is 11.1 Å². The molecule has 2 aliphatic rings. The third-order valence-corrected chi connectivity index (χ3v) is 6.69. The first kappa shape index (κ1) is 23.4. The number of carbonyl (C=O) groups excluding carboxylic acids is 1. The summed E-state index contributed by atoms with van der Waals surface area (Å²) in [6.07, 6.45) is -1.25. The molecule has 1 amide bonds. The van der Waals surface area contributed by atoms with Crippen LogP contribution < -0.4 is 4.90 Å². The van der Waals surface area contributed by atoms with Gasteiger partial charge in [0.25, 0.3) is 6.43 Å². The maximum Gasteiger partial charge on any atom is 0.416 e. The number of piperidine rings is 1. The maximum absolute atomic E-state index is 13.0. The fourth-order valence-electron chi connectivity index (χ4n) is 4.86. The summed E-state index contributed by atoms with van der Waals surface area (Å²) < 4.78 is 65.8. The fraction of sp³-hybridized carbons (Fsp3) is 0.500. The molecule has 13 heteroatoms. The lowest BCUT2D eigenvalue weighted by atomic mass is 9.77. The van der Waals surface area contributed by atoms with Crippen LogP contribution in [-0.2, 0) is 24.1 Å². The average molecular weight is 495 g/mol. The lowest BCUT2D eigenvalue weighted by Gasteiger charge is -2.39. The Morgan fingerprint density at radius 1 is 1.11 bits per heavy atom. The topological polar surface area (TPSA) is 80.0 Å². The number of alkyl halides is 5. The third-order valence-electron chi connectivity index (χ3n) is 6.69. The van der Waals surface area contributed by atoms with E-state index in [2.05, 4.69) is 20.1 Å². The Bertz CT molecular complexity index is 1240. The number of aromatic nitrogens is 5. The Morgan fingerprint density at radius 3 is 2.60 bits per heavy atom. The fourth-order valence-corrected chi connectivity index (χ4v) is 4.86. The number of amides is 1. The molecular weight excluding hydrogens is 473 g/mol. The molecule has 0 aliphatic carbocycles. The number of likely N-dealkylation sites (tertiary alicyclic amines) is 1. The Morgan fingerprint density at radius 2 is 1.89 bits per heavy atom. The largest absolute Gasteiger partial charge is 0.416 e. The molecule has 8 nitrogen and oxygen atoms in total. The summed E-state index contributed by atoms with van der Waals surface area (Å²) in [6.45, 7) is 1.09. The lowest BCUT2D eigenvalue weighted by molar-refractivity contribution is -0.137. The van der Waals surface area contributed by atoms with Crippen LogP contribution in [0.1, 0.15) is 30.5 Å². The van der Waals surface area contributed by atoms with Gasteiger partial charge in [-0.25, -0.2) is 23.4 Å². The van der Waals surface area contributed by atoms with E-state index < -0.39 is 24.7 Å². The van der Waals surface area contributed by atoms with E-state index in [-0.39, 0.29) is 23.6 Å². The minimum absolute atomic E-state index is 0.0322. The molecule has 0 bridgehead atoms. The standard InChI is InChI=1S/C22H22F5N7O/c23-17(24)12-34-20-16(9-30-34)29-10-18(31-20)32-5-2-21(3-6-32)8-19(35)33(13-21)11-15-7-14(1-4-28-15)22(25,26)27/h1,4,7,9-10,17H,2-3,5-6,8,11-13H2. The number of hydrogen-bond donors (Lipinski definition) is 0. The zero-order valence-corrected chi connectivity index (χ0v) is 18.5. The molecule has 0 atom stereocenters. The molecule has 3 aromatic heterocycles. The summed E-state index contributed by atoms with van der Waals surface area (Å²) in [5, 5.41) is 3.93. The summed E-state index contributed by atoms with van der Waals surface area (Å²) in [7, 11) is 0. The molecule has 2 fully saturated rings. The van der Waals surface area contributed by atoms with Crippen LogP contribution in [0.15, 0.2) is 30.7 Å². The van der Waals surface area contributed by atoms with Gasteiger partial charge >= 0.3 is 6.18 Å². The molecule has 0 N–H and O–H groups in total. The molecule has 0 aromatic carbocycles. The van der Waals surface area contributed by atoms with Crippen molar-refractivity contribution in [2.24, 2.45) is 5.41 Å². The van der Waals surface area contributed by atoms with Crippen LogP contribution in [0.3, 0.4) is 0 Å². The van der Waals surface area contributed by atoms with Crippen molar-refractivity contribution in [3.63, 3.8) is 0 Å². The van der Waals surface area contributed by atoms with Gasteiger partial charge in [-0.2, -0.15) is 18.3 Å². The Labute approximate surface area is 196 Å². The van der Waals surface area contributed by atoms with Crippen LogP contribution in [0.5, 0.6) is 0 Å². The van der Waals surface area contributed by atoms with Crippen LogP contribution in [0.4, 0.5) is 27.8 Å². The van der Waals surface area contributed by atoms with Crippen LogP contribution in [0, 0.1) is 5.41 Å². The van der Waals surface area contributed by atoms with Crippen LogP contribution in [0.25, 0.3) is 11.2 Å². The van der Waals surface area contributed by atoms with Crippen molar-refractivity contribution in [2.45, 2.75) is 45.0 Å². The second-order valence-corrected chi connectivity index (χ2v) is 9.10. The number of pyridine rings is 1. The van der Waals surface area contributed by atoms with Gasteiger partial charge in [-0.15, -0.1) is 0 Å². The highest BCUT2D eigenvalue weighted by Gasteiger charge is 2.45. The molecule has 5 heterocycles. The van der Waals surface area contributed by atoms with Gasteiger partial charge in [-0.05, 0) is 25.0 Å². The number of fused-ring (bicyclic) bond motifs is 1. The molecule has 5 rings (SSSR count). The van der Waals surface area contributed by atoms with Gasteiger partial charge < -0.3 is 9.80 Å². The van der Waals surface area contributed by atoms with Crippen molar-refractivity contribution < 1.29 is 26.7 Å². The molecule has 3 aromatic rings. The predicted molar refractivity (Wildman–Crippen MR) is 114 cm³/mol. The van der Waals surface area contributed by atoms with Crippen LogP contribution in [0.2, 0.25) is 0 Å². The number of anilines is 1. The first-order valence-electron chi connectivity index (χ1n) is 11.1. The van der Waals surface area contributed by atoms with E-state index in [9.17, 15) is 26.7 Å². The molecule has 2 aliphatic heterocycles. The van der Waals surface area contributed by atoms with Crippen LogP contribution in [-0.4, -0.2) is 61.6 Å². The highest BCUT2D eigenvalue weighted by Crippen LogP contribution is 2.42. The zero-order valence-electron chi connectivity index (χ0n) is 18.5. The lowest BCUT2D eigenvalue weighted by Crippen LogP contribution is -2.42. The number of hydrogen-bond acceptors (Lipinski definition) is 6. The quantitative estimate of drug-likeness (QED) is 0.504. The SMILES string of the molecule is O=C1CC2(CCN(c3cnc4cnn(CC(F)F)c4n3)CC2)CN1Cc1cc(C(F)(F)F)ccn1. The molecule has 2 saturated heterocycles. The summed E-state index contributed by atoms with van der Waals surface area (Å²) >= 11 is 0. The third kappa shape index (κ3) is 4.76. The molecule has 0 radical (unpaired) electrons. The van der Waals surface area contributed by atoms with Gasteiger partial charge in [0.05, 0.1) is 30.2 Å². The van der Waals surface area contributed by atoms with Gasteiger partial charge in [-0.3, -0.25) is 9.78 Å². The van der Waals surface area contributed by atoms with E-state index >= 15 is 0 Å². The van der Waals surface area contributed by atoms with E-state index in [0.717, 1.165) is 23.0 Å². The Kier molecular flexibility index (Phi) is 5.80. The highest BCUT2D eigenvalue weighted by atomic mass is 19.4. The minimum atomic E-state index is -4.47. The number of carbonyl (C=O) groups is 1. The number of rotatable bonds is 5. The second kappa shape index (κ2) is 8.68. The van der Waals surface area contributed by atoms with Gasteiger partial charge in [0.15, 0.2) is 5.65 Å². The van der Waals surface area contributed by atoms with Crippen molar-refractivity contribution in [3.05, 3.63) is 42.0 Å². The van der Waals surface area contributed by atoms with E-state index in [1.165, 1.54) is 6.20 Å². The molecule has 0 saturated carbocycles. The summed E-state index contributed by atoms with van der Waals surface area (Å²) in [4.78, 5) is 29.1. The average Bonchev–Trinajstić information content (AvgIpc) is 3.33. The molecule has 186 valence electrons. The predicted octanol–water partition coefficient (Wildman–Crippen LogP) is 3.52. The Hall–Kier alpha value is -3.38. The molecule has 0 unspecified atom stereocenters. The first-order chi connectivity index (χ1) is 16.6. The maximum atomic E-state index is 13.0. The highest BCUT2D eigenvalue weighted by molar-refractivity contribution is 5.79. The minimum Gasteiger partial charge on any atom is -0.355 e. The van der Waals surface area contributed by atoms with Crippen molar-refractivity contribution in [1.29, 1.82) is 0 Å². The van der Waals surface area contributed by atoms with Gasteiger partial charge in [-0.1, -0.05) is 0 Å². The van der Waals surface area contributed by atoms with Crippen molar-refractivity contribution in [1.82, 2.24) is 29.6 Å². The first-order valence-corrected chi connectivity index (χ1v) is 11.1.